The molecule has 1 aromatic rings. The second-order valence-corrected chi connectivity index (χ2v) is 9.51. The molecule has 4 bridgehead atoms. The number of hydrogen-bond donors (Lipinski definition) is 3. The van der Waals surface area contributed by atoms with E-state index in [4.69, 9.17) is 4.74 Å². The van der Waals surface area contributed by atoms with Gasteiger partial charge in [-0.05, 0) is 73.8 Å². The first-order chi connectivity index (χ1) is 15.3. The normalized spacial score (nSPS) is 27.5. The number of benzene rings is 1. The zero-order chi connectivity index (χ0) is 22.7. The summed E-state index contributed by atoms with van der Waals surface area (Å²) in [5.41, 5.74) is -0.00895. The lowest BCUT2D eigenvalue weighted by molar-refractivity contribution is -0.148. The number of carbonyl (C=O) groups is 4. The zero-order valence-corrected chi connectivity index (χ0v) is 17.8. The Kier molecular flexibility index (Phi) is 6.43. The molecule has 0 spiro atoms. The highest BCUT2D eigenvalue weighted by atomic mass is 19.1. The van der Waals surface area contributed by atoms with Gasteiger partial charge in [0.1, 0.15) is 12.4 Å². The number of urea groups is 1. The van der Waals surface area contributed by atoms with Gasteiger partial charge in [0.25, 0.3) is 5.91 Å². The van der Waals surface area contributed by atoms with Crippen molar-refractivity contribution in [1.82, 2.24) is 10.6 Å². The third-order valence-corrected chi connectivity index (χ3v) is 6.87. The molecule has 0 heterocycles. The largest absolute Gasteiger partial charge is 0.454 e. The number of ether oxygens (including phenoxy) is 1. The highest BCUT2D eigenvalue weighted by Gasteiger charge is 2.51. The fourth-order valence-corrected chi connectivity index (χ4v) is 6.16. The Morgan fingerprint density at radius 1 is 0.969 bits per heavy atom. The molecule has 32 heavy (non-hydrogen) atoms. The van der Waals surface area contributed by atoms with Crippen LogP contribution >= 0.6 is 0 Å². The minimum atomic E-state index is -0.944. The first-order valence-corrected chi connectivity index (χ1v) is 11.1. The van der Waals surface area contributed by atoms with Gasteiger partial charge < -0.3 is 15.4 Å². The summed E-state index contributed by atoms with van der Waals surface area (Å²) in [6, 6.07) is 4.55. The van der Waals surface area contributed by atoms with Gasteiger partial charge in [0.15, 0.2) is 6.61 Å². The highest BCUT2D eigenvalue weighted by Crippen LogP contribution is 2.61. The summed E-state index contributed by atoms with van der Waals surface area (Å²) in [6.07, 6.45) is 7.64. The van der Waals surface area contributed by atoms with Gasteiger partial charge in [-0.25, -0.2) is 9.18 Å². The molecule has 0 radical (unpaired) electrons. The van der Waals surface area contributed by atoms with Gasteiger partial charge in [0.2, 0.25) is 5.91 Å². The summed E-state index contributed by atoms with van der Waals surface area (Å²) >= 11 is 0. The lowest BCUT2D eigenvalue weighted by atomic mass is 9.49. The number of anilines is 1. The minimum Gasteiger partial charge on any atom is -0.454 e. The van der Waals surface area contributed by atoms with Crippen LogP contribution in [0, 0.1) is 29.0 Å². The maximum atomic E-state index is 13.5. The van der Waals surface area contributed by atoms with Crippen molar-refractivity contribution in [2.75, 3.05) is 18.5 Å². The summed E-state index contributed by atoms with van der Waals surface area (Å²) in [5, 5.41) is 6.72. The molecule has 3 N–H and O–H groups in total. The van der Waals surface area contributed by atoms with Gasteiger partial charge in [0, 0.05) is 6.42 Å². The van der Waals surface area contributed by atoms with Crippen molar-refractivity contribution < 1.29 is 28.3 Å². The van der Waals surface area contributed by atoms with Crippen LogP contribution in [0.15, 0.2) is 24.3 Å². The van der Waals surface area contributed by atoms with E-state index in [9.17, 15) is 23.6 Å². The van der Waals surface area contributed by atoms with Crippen LogP contribution in [0.2, 0.25) is 0 Å². The van der Waals surface area contributed by atoms with Gasteiger partial charge in [0.05, 0.1) is 5.69 Å². The second kappa shape index (κ2) is 9.26. The maximum absolute atomic E-state index is 13.5. The van der Waals surface area contributed by atoms with E-state index in [0.717, 1.165) is 43.1 Å². The summed E-state index contributed by atoms with van der Waals surface area (Å²) in [5.74, 6) is -0.224. The summed E-state index contributed by atoms with van der Waals surface area (Å²) in [7, 11) is 0. The lowest BCUT2D eigenvalue weighted by Gasteiger charge is -2.56. The standard InChI is InChI=1S/C23H28FN3O5/c24-17-3-1-2-4-18(17)26-22(31)27-20(29)13-32-21(30)12-25-19(28)11-23-8-14-5-15(9-23)7-16(6-14)10-23/h1-4,14-16H,5-13H2,(H,25,28)(H2,26,27,29,31). The average Bonchev–Trinajstić information content (AvgIpc) is 2.71. The Balaban J connectivity index is 1.14. The number of para-hydroxylation sites is 1. The van der Waals surface area contributed by atoms with E-state index in [1.165, 1.54) is 37.5 Å². The van der Waals surface area contributed by atoms with Crippen LogP contribution in [0.1, 0.15) is 44.9 Å². The number of hydrogen-bond acceptors (Lipinski definition) is 5. The number of carbonyl (C=O) groups excluding carboxylic acids is 4. The van der Waals surface area contributed by atoms with Crippen molar-refractivity contribution in [1.29, 1.82) is 0 Å². The predicted molar refractivity (Wildman–Crippen MR) is 113 cm³/mol. The van der Waals surface area contributed by atoms with Crippen molar-refractivity contribution in [3.8, 4) is 0 Å². The quantitative estimate of drug-likeness (QED) is 0.559. The molecule has 0 saturated heterocycles. The Morgan fingerprint density at radius 3 is 2.22 bits per heavy atom. The van der Waals surface area contributed by atoms with Crippen LogP contribution in [0.5, 0.6) is 0 Å². The number of amides is 4. The van der Waals surface area contributed by atoms with E-state index in [1.807, 2.05) is 5.32 Å². The predicted octanol–water partition coefficient (Wildman–Crippen LogP) is 2.74. The lowest BCUT2D eigenvalue weighted by Crippen LogP contribution is -2.48. The molecule has 9 heteroatoms. The summed E-state index contributed by atoms with van der Waals surface area (Å²) in [6.45, 7) is -1.02. The SMILES string of the molecule is O=C(CC12CC3CC(CC(C3)C1)C2)NCC(=O)OCC(=O)NC(=O)Nc1ccccc1F. The molecule has 0 unspecified atom stereocenters. The smallest absolute Gasteiger partial charge is 0.326 e. The first kappa shape index (κ1) is 22.2. The molecule has 0 aliphatic heterocycles. The number of imide groups is 1. The molecule has 8 nitrogen and oxygen atoms in total. The van der Waals surface area contributed by atoms with Crippen molar-refractivity contribution in [3.63, 3.8) is 0 Å². The third kappa shape index (κ3) is 5.44. The topological polar surface area (TPSA) is 114 Å². The van der Waals surface area contributed by atoms with E-state index < -0.39 is 30.3 Å². The molecule has 4 aliphatic carbocycles. The molecule has 4 amide bonds. The summed E-state index contributed by atoms with van der Waals surface area (Å²) < 4.78 is 18.3. The molecule has 4 fully saturated rings. The zero-order valence-electron chi connectivity index (χ0n) is 17.8. The number of halogens is 1. The van der Waals surface area contributed by atoms with Crippen LogP contribution in [0.4, 0.5) is 14.9 Å². The Bertz CT molecular complexity index is 883. The Labute approximate surface area is 185 Å². The Hall–Kier alpha value is -2.97. The number of esters is 1. The molecule has 4 saturated carbocycles. The van der Waals surface area contributed by atoms with Crippen molar-refractivity contribution in [2.24, 2.45) is 23.2 Å². The highest BCUT2D eigenvalue weighted by molar-refractivity contribution is 6.02. The van der Waals surface area contributed by atoms with E-state index in [-0.39, 0.29) is 23.6 Å². The van der Waals surface area contributed by atoms with Gasteiger partial charge in [-0.3, -0.25) is 19.7 Å². The average molecular weight is 445 g/mol. The monoisotopic (exact) mass is 445 g/mol. The third-order valence-electron chi connectivity index (χ3n) is 6.87. The van der Waals surface area contributed by atoms with Gasteiger partial charge in [-0.2, -0.15) is 0 Å². The van der Waals surface area contributed by atoms with Gasteiger partial charge >= 0.3 is 12.0 Å². The first-order valence-electron chi connectivity index (χ1n) is 11.1. The fraction of sp³-hybridized carbons (Fsp3) is 0.565. The maximum Gasteiger partial charge on any atom is 0.326 e. The van der Waals surface area contributed by atoms with E-state index in [0.29, 0.717) is 6.42 Å². The van der Waals surface area contributed by atoms with E-state index in [1.54, 1.807) is 0 Å². The van der Waals surface area contributed by atoms with Crippen molar-refractivity contribution in [3.05, 3.63) is 30.1 Å². The van der Waals surface area contributed by atoms with Crippen molar-refractivity contribution in [2.45, 2.75) is 44.9 Å². The number of rotatable bonds is 7. The van der Waals surface area contributed by atoms with E-state index >= 15 is 0 Å². The van der Waals surface area contributed by atoms with Crippen LogP contribution < -0.4 is 16.0 Å². The van der Waals surface area contributed by atoms with Crippen LogP contribution in [0.25, 0.3) is 0 Å². The molecular formula is C23H28FN3O5. The van der Waals surface area contributed by atoms with Crippen LogP contribution in [0.3, 0.4) is 0 Å². The molecule has 4 aliphatic rings. The Morgan fingerprint density at radius 2 is 1.59 bits per heavy atom. The molecule has 5 rings (SSSR count). The summed E-state index contributed by atoms with van der Waals surface area (Å²) in [4.78, 5) is 47.8. The van der Waals surface area contributed by atoms with Crippen LogP contribution in [-0.4, -0.2) is 37.0 Å². The van der Waals surface area contributed by atoms with Gasteiger partial charge in [-0.15, -0.1) is 0 Å². The molecule has 0 aromatic heterocycles. The molecule has 172 valence electrons. The minimum absolute atomic E-state index is 0.0776. The van der Waals surface area contributed by atoms with Crippen molar-refractivity contribution >= 4 is 29.5 Å². The number of nitrogens with one attached hydrogen (secondary N) is 3. The fourth-order valence-electron chi connectivity index (χ4n) is 6.16. The van der Waals surface area contributed by atoms with Gasteiger partial charge in [-0.1, -0.05) is 12.1 Å². The second-order valence-electron chi connectivity index (χ2n) is 9.51. The van der Waals surface area contributed by atoms with E-state index in [2.05, 4.69) is 10.6 Å². The molecule has 0 atom stereocenters. The van der Waals surface area contributed by atoms with Crippen LogP contribution in [-0.2, 0) is 19.1 Å². The molecular weight excluding hydrogens is 417 g/mol. The molecule has 1 aromatic carbocycles.